The number of nitrogens with zero attached hydrogens (tertiary/aromatic N) is 1. The van der Waals surface area contributed by atoms with E-state index in [4.69, 9.17) is 0 Å². The van der Waals surface area contributed by atoms with Crippen molar-refractivity contribution in [1.29, 1.82) is 0 Å². The molecule has 3 rings (SSSR count). The van der Waals surface area contributed by atoms with Crippen molar-refractivity contribution in [2.45, 2.75) is 50.7 Å². The Morgan fingerprint density at radius 1 is 1.21 bits per heavy atom. The third-order valence-electron chi connectivity index (χ3n) is 4.75. The lowest BCUT2D eigenvalue weighted by Gasteiger charge is -2.34. The SMILES string of the molecule is CC(c1ccc(I)cc1)N1CCCC1C1CCCN1. The summed E-state index contributed by atoms with van der Waals surface area (Å²) >= 11 is 2.38. The minimum Gasteiger partial charge on any atom is -0.312 e. The Balaban J connectivity index is 1.74. The molecule has 19 heavy (non-hydrogen) atoms. The van der Waals surface area contributed by atoms with Gasteiger partial charge < -0.3 is 5.32 Å². The highest BCUT2D eigenvalue weighted by Crippen LogP contribution is 2.32. The van der Waals surface area contributed by atoms with Gasteiger partial charge in [-0.25, -0.2) is 0 Å². The number of nitrogens with one attached hydrogen (secondary N) is 1. The Morgan fingerprint density at radius 2 is 2.00 bits per heavy atom. The summed E-state index contributed by atoms with van der Waals surface area (Å²) in [4.78, 5) is 2.73. The van der Waals surface area contributed by atoms with Gasteiger partial charge in [0.1, 0.15) is 0 Å². The van der Waals surface area contributed by atoms with Crippen LogP contribution in [0.2, 0.25) is 0 Å². The third-order valence-corrected chi connectivity index (χ3v) is 5.47. The van der Waals surface area contributed by atoms with Gasteiger partial charge in [0.15, 0.2) is 0 Å². The first-order valence-corrected chi connectivity index (χ1v) is 8.58. The molecule has 1 aromatic rings. The van der Waals surface area contributed by atoms with Crippen molar-refractivity contribution in [3.05, 3.63) is 33.4 Å². The summed E-state index contributed by atoms with van der Waals surface area (Å²) in [5.41, 5.74) is 1.46. The fraction of sp³-hybridized carbons (Fsp3) is 0.625. The van der Waals surface area contributed by atoms with E-state index in [2.05, 4.69) is 64.0 Å². The zero-order chi connectivity index (χ0) is 13.2. The molecule has 0 aromatic heterocycles. The highest BCUT2D eigenvalue weighted by Gasteiger charge is 2.35. The number of hydrogen-bond donors (Lipinski definition) is 1. The number of rotatable bonds is 3. The van der Waals surface area contributed by atoms with Crippen LogP contribution < -0.4 is 5.32 Å². The molecule has 2 aliphatic rings. The lowest BCUT2D eigenvalue weighted by Crippen LogP contribution is -2.44. The van der Waals surface area contributed by atoms with Gasteiger partial charge in [-0.3, -0.25) is 4.90 Å². The molecule has 0 spiro atoms. The monoisotopic (exact) mass is 370 g/mol. The van der Waals surface area contributed by atoms with Crippen LogP contribution in [0.1, 0.15) is 44.2 Å². The number of likely N-dealkylation sites (tertiary alicyclic amines) is 1. The van der Waals surface area contributed by atoms with Crippen LogP contribution >= 0.6 is 22.6 Å². The molecule has 2 heterocycles. The second kappa shape index (κ2) is 6.10. The fourth-order valence-electron chi connectivity index (χ4n) is 3.70. The van der Waals surface area contributed by atoms with Gasteiger partial charge in [-0.2, -0.15) is 0 Å². The maximum absolute atomic E-state index is 3.70. The summed E-state index contributed by atoms with van der Waals surface area (Å²) in [5, 5.41) is 3.70. The smallest absolute Gasteiger partial charge is 0.0323 e. The molecule has 0 radical (unpaired) electrons. The zero-order valence-electron chi connectivity index (χ0n) is 11.6. The molecule has 3 atom stereocenters. The van der Waals surface area contributed by atoms with Crippen LogP contribution in [-0.4, -0.2) is 30.1 Å². The van der Waals surface area contributed by atoms with E-state index in [9.17, 15) is 0 Å². The van der Waals surface area contributed by atoms with E-state index in [1.54, 1.807) is 0 Å². The largest absolute Gasteiger partial charge is 0.312 e. The topological polar surface area (TPSA) is 15.3 Å². The molecule has 104 valence electrons. The summed E-state index contributed by atoms with van der Waals surface area (Å²) in [6.07, 6.45) is 5.44. The zero-order valence-corrected chi connectivity index (χ0v) is 13.8. The molecule has 0 amide bonds. The van der Waals surface area contributed by atoms with Crippen LogP contribution in [0.3, 0.4) is 0 Å². The van der Waals surface area contributed by atoms with Gasteiger partial charge in [-0.15, -0.1) is 0 Å². The second-order valence-corrected chi connectivity index (χ2v) is 7.12. The molecule has 2 aliphatic heterocycles. The van der Waals surface area contributed by atoms with Crippen molar-refractivity contribution in [3.63, 3.8) is 0 Å². The van der Waals surface area contributed by atoms with Gasteiger partial charge in [0, 0.05) is 21.7 Å². The summed E-state index contributed by atoms with van der Waals surface area (Å²) in [6, 6.07) is 11.1. The van der Waals surface area contributed by atoms with Crippen molar-refractivity contribution in [1.82, 2.24) is 10.2 Å². The molecule has 2 saturated heterocycles. The predicted octanol–water partition coefficient (Wildman–Crippen LogP) is 3.57. The third kappa shape index (κ3) is 2.98. The Hall–Kier alpha value is -0.130. The lowest BCUT2D eigenvalue weighted by atomic mass is 10.0. The Kier molecular flexibility index (Phi) is 4.44. The van der Waals surface area contributed by atoms with Crippen molar-refractivity contribution >= 4 is 22.6 Å². The quantitative estimate of drug-likeness (QED) is 0.819. The Labute approximate surface area is 130 Å². The van der Waals surface area contributed by atoms with Crippen molar-refractivity contribution in [3.8, 4) is 0 Å². The van der Waals surface area contributed by atoms with Gasteiger partial charge in [0.2, 0.25) is 0 Å². The Morgan fingerprint density at radius 3 is 2.68 bits per heavy atom. The van der Waals surface area contributed by atoms with E-state index >= 15 is 0 Å². The molecule has 1 N–H and O–H groups in total. The van der Waals surface area contributed by atoms with Gasteiger partial charge in [-0.05, 0) is 86.0 Å². The van der Waals surface area contributed by atoms with Gasteiger partial charge in [-0.1, -0.05) is 12.1 Å². The first kappa shape index (κ1) is 13.8. The van der Waals surface area contributed by atoms with E-state index in [0.717, 1.165) is 12.1 Å². The molecule has 0 saturated carbocycles. The van der Waals surface area contributed by atoms with Crippen LogP contribution in [0.25, 0.3) is 0 Å². The van der Waals surface area contributed by atoms with E-state index in [1.165, 1.54) is 47.9 Å². The van der Waals surface area contributed by atoms with E-state index in [0.29, 0.717) is 6.04 Å². The van der Waals surface area contributed by atoms with Gasteiger partial charge >= 0.3 is 0 Å². The van der Waals surface area contributed by atoms with Crippen molar-refractivity contribution in [2.24, 2.45) is 0 Å². The van der Waals surface area contributed by atoms with Crippen LogP contribution in [-0.2, 0) is 0 Å². The van der Waals surface area contributed by atoms with E-state index in [-0.39, 0.29) is 0 Å². The normalized spacial score (nSPS) is 29.8. The highest BCUT2D eigenvalue weighted by atomic mass is 127. The summed E-state index contributed by atoms with van der Waals surface area (Å²) in [6.45, 7) is 4.85. The van der Waals surface area contributed by atoms with Crippen LogP contribution in [0.5, 0.6) is 0 Å². The van der Waals surface area contributed by atoms with Gasteiger partial charge in [0.25, 0.3) is 0 Å². The fourth-order valence-corrected chi connectivity index (χ4v) is 4.06. The van der Waals surface area contributed by atoms with Crippen LogP contribution in [0.15, 0.2) is 24.3 Å². The van der Waals surface area contributed by atoms with Crippen molar-refractivity contribution < 1.29 is 0 Å². The van der Waals surface area contributed by atoms with Crippen LogP contribution in [0, 0.1) is 3.57 Å². The maximum atomic E-state index is 3.70. The van der Waals surface area contributed by atoms with Crippen molar-refractivity contribution in [2.75, 3.05) is 13.1 Å². The number of hydrogen-bond acceptors (Lipinski definition) is 2. The average molecular weight is 370 g/mol. The molecular formula is C16H23IN2. The first-order chi connectivity index (χ1) is 9.25. The number of benzene rings is 1. The average Bonchev–Trinajstić information content (AvgIpc) is 3.09. The van der Waals surface area contributed by atoms with Crippen LogP contribution in [0.4, 0.5) is 0 Å². The minimum atomic E-state index is 0.548. The minimum absolute atomic E-state index is 0.548. The Bertz CT molecular complexity index is 411. The van der Waals surface area contributed by atoms with Gasteiger partial charge in [0.05, 0.1) is 0 Å². The molecule has 2 fully saturated rings. The second-order valence-electron chi connectivity index (χ2n) is 5.88. The summed E-state index contributed by atoms with van der Waals surface area (Å²) < 4.78 is 1.32. The summed E-state index contributed by atoms with van der Waals surface area (Å²) in [5.74, 6) is 0. The lowest BCUT2D eigenvalue weighted by molar-refractivity contribution is 0.163. The molecule has 1 aromatic carbocycles. The highest BCUT2D eigenvalue weighted by molar-refractivity contribution is 14.1. The standard InChI is InChI=1S/C16H23IN2/c1-12(13-6-8-14(17)9-7-13)19-11-3-5-16(19)15-4-2-10-18-15/h6-9,12,15-16,18H,2-5,10-11H2,1H3. The van der Waals surface area contributed by atoms with E-state index < -0.39 is 0 Å². The van der Waals surface area contributed by atoms with E-state index in [1.807, 2.05) is 0 Å². The molecule has 3 heteroatoms. The molecule has 0 bridgehead atoms. The predicted molar refractivity (Wildman–Crippen MR) is 88.3 cm³/mol. The molecule has 2 nitrogen and oxygen atoms in total. The first-order valence-electron chi connectivity index (χ1n) is 7.50. The summed E-state index contributed by atoms with van der Waals surface area (Å²) in [7, 11) is 0. The maximum Gasteiger partial charge on any atom is 0.0323 e. The molecule has 0 aliphatic carbocycles. The molecular weight excluding hydrogens is 347 g/mol. The number of halogens is 1. The molecule has 3 unspecified atom stereocenters.